The smallest absolute Gasteiger partial charge is 0.508 e. The first-order valence-electron chi connectivity index (χ1n) is 10.7. The Morgan fingerprint density at radius 3 is 1.24 bits per heavy atom. The standard InChI is InChI=1S/2C9H13NO.2C5H5.Zr/c2*1-10(2)7-8-5-3-4-6-9(8)11;2*1-2-4-5-3-1;/h2*3-6,11H,7H2,1-2H3;2*1-3H,4H2;/q;;2*-1;+2. The molecule has 174 valence electrons. The maximum absolute atomic E-state index is 9.33. The molecule has 0 aromatic heterocycles. The van der Waals surface area contributed by atoms with Crippen molar-refractivity contribution in [2.24, 2.45) is 0 Å². The monoisotopic (exact) mass is 522 g/mol. The third-order valence-corrected chi connectivity index (χ3v) is 4.13. The van der Waals surface area contributed by atoms with Gasteiger partial charge in [-0.2, -0.15) is 12.2 Å². The zero-order valence-electron chi connectivity index (χ0n) is 20.2. The van der Waals surface area contributed by atoms with Crippen LogP contribution in [-0.4, -0.2) is 48.2 Å². The molecule has 0 spiro atoms. The molecule has 0 bridgehead atoms. The molecule has 4 rings (SSSR count). The molecule has 2 N–H and O–H groups in total. The number of phenols is 2. The van der Waals surface area contributed by atoms with E-state index in [4.69, 9.17) is 0 Å². The van der Waals surface area contributed by atoms with Crippen molar-refractivity contribution in [1.82, 2.24) is 9.80 Å². The molecular weight excluding hydrogens is 488 g/mol. The van der Waals surface area contributed by atoms with Crippen LogP contribution >= 0.6 is 0 Å². The fraction of sp³-hybridized carbons (Fsp3) is 0.286. The quantitative estimate of drug-likeness (QED) is 0.519. The fourth-order valence-electron chi connectivity index (χ4n) is 2.65. The minimum absolute atomic E-state index is 0. The molecular formula is C28H36N2O2Zr. The van der Waals surface area contributed by atoms with Crippen LogP contribution in [0, 0.1) is 12.2 Å². The Bertz CT molecular complexity index is 793. The zero-order chi connectivity index (χ0) is 23.6. The number of para-hydroxylation sites is 2. The van der Waals surface area contributed by atoms with Crippen LogP contribution in [0.15, 0.2) is 85.0 Å². The van der Waals surface area contributed by atoms with Gasteiger partial charge in [0.1, 0.15) is 11.5 Å². The molecule has 0 aliphatic heterocycles. The van der Waals surface area contributed by atoms with Crippen LogP contribution in [0.1, 0.15) is 24.0 Å². The van der Waals surface area contributed by atoms with Crippen molar-refractivity contribution in [3.05, 3.63) is 108 Å². The van der Waals surface area contributed by atoms with Crippen LogP contribution in [0.4, 0.5) is 0 Å². The number of hydrogen-bond donors (Lipinski definition) is 2. The second-order valence-electron chi connectivity index (χ2n) is 7.74. The maximum Gasteiger partial charge on any atom is 2.00 e. The summed E-state index contributed by atoms with van der Waals surface area (Å²) in [5.41, 5.74) is 1.94. The molecule has 2 aliphatic carbocycles. The van der Waals surface area contributed by atoms with Crippen LogP contribution < -0.4 is 0 Å². The van der Waals surface area contributed by atoms with Crippen LogP contribution in [0.2, 0.25) is 0 Å². The molecule has 2 aromatic carbocycles. The summed E-state index contributed by atoms with van der Waals surface area (Å²) in [6.45, 7) is 1.57. The molecule has 2 aromatic rings. The number of allylic oxidation sites excluding steroid dienone is 8. The third kappa shape index (κ3) is 16.1. The van der Waals surface area contributed by atoms with Gasteiger partial charge < -0.3 is 20.0 Å². The van der Waals surface area contributed by atoms with Crippen LogP contribution in [0.5, 0.6) is 11.5 Å². The Morgan fingerprint density at radius 2 is 1.03 bits per heavy atom. The maximum atomic E-state index is 9.33. The SMILES string of the molecule is CN(C)Cc1ccccc1O.CN(C)Cc1ccccc1O.[C-]1=CC=CC1.[C-]1=CC=CC1.[Zr+2]. The van der Waals surface area contributed by atoms with Crippen molar-refractivity contribution in [3.8, 4) is 11.5 Å². The summed E-state index contributed by atoms with van der Waals surface area (Å²) in [5, 5.41) is 18.7. The first-order valence-corrected chi connectivity index (χ1v) is 10.7. The van der Waals surface area contributed by atoms with Crippen molar-refractivity contribution >= 4 is 0 Å². The molecule has 0 radical (unpaired) electrons. The van der Waals surface area contributed by atoms with E-state index in [9.17, 15) is 10.2 Å². The second-order valence-corrected chi connectivity index (χ2v) is 7.74. The first-order chi connectivity index (χ1) is 15.4. The predicted octanol–water partition coefficient (Wildman–Crippen LogP) is 5.52. The molecule has 0 unspecified atom stereocenters. The van der Waals surface area contributed by atoms with E-state index in [2.05, 4.69) is 24.3 Å². The van der Waals surface area contributed by atoms with Crippen molar-refractivity contribution in [2.45, 2.75) is 25.9 Å². The van der Waals surface area contributed by atoms with E-state index in [0.29, 0.717) is 11.5 Å². The van der Waals surface area contributed by atoms with Gasteiger partial charge in [0.15, 0.2) is 0 Å². The van der Waals surface area contributed by atoms with Gasteiger partial charge in [-0.1, -0.05) is 36.4 Å². The first kappa shape index (κ1) is 30.8. The van der Waals surface area contributed by atoms with E-state index in [1.165, 1.54) is 0 Å². The van der Waals surface area contributed by atoms with Gasteiger partial charge in [-0.25, -0.2) is 24.3 Å². The van der Waals surface area contributed by atoms with Crippen molar-refractivity contribution in [1.29, 1.82) is 0 Å². The summed E-state index contributed by atoms with van der Waals surface area (Å²) in [7, 11) is 7.91. The normalized spacial score (nSPS) is 12.3. The van der Waals surface area contributed by atoms with E-state index < -0.39 is 0 Å². The van der Waals surface area contributed by atoms with Gasteiger partial charge in [0.2, 0.25) is 0 Å². The van der Waals surface area contributed by atoms with Gasteiger partial charge in [0.05, 0.1) is 0 Å². The average molecular weight is 524 g/mol. The summed E-state index contributed by atoms with van der Waals surface area (Å²) in [6.07, 6.45) is 20.0. The van der Waals surface area contributed by atoms with E-state index in [1.54, 1.807) is 12.1 Å². The second kappa shape index (κ2) is 19.3. The van der Waals surface area contributed by atoms with Gasteiger partial charge in [-0.3, -0.25) is 12.2 Å². The molecule has 0 amide bonds. The Hall–Kier alpha value is -2.20. The molecule has 2 aliphatic rings. The molecule has 0 saturated carbocycles. The summed E-state index contributed by atoms with van der Waals surface area (Å²) >= 11 is 0. The van der Waals surface area contributed by atoms with Gasteiger partial charge in [-0.05, 0) is 40.3 Å². The van der Waals surface area contributed by atoms with Gasteiger partial charge in [0, 0.05) is 24.2 Å². The number of hydrogen-bond acceptors (Lipinski definition) is 4. The summed E-state index contributed by atoms with van der Waals surface area (Å²) in [4.78, 5) is 4.05. The summed E-state index contributed by atoms with van der Waals surface area (Å²) in [5.74, 6) is 0.752. The fourth-order valence-corrected chi connectivity index (χ4v) is 2.65. The van der Waals surface area contributed by atoms with Gasteiger partial charge >= 0.3 is 26.2 Å². The molecule has 0 fully saturated rings. The number of nitrogens with zero attached hydrogens (tertiary/aromatic N) is 2. The Morgan fingerprint density at radius 1 is 0.667 bits per heavy atom. The number of aromatic hydroxyl groups is 2. The zero-order valence-corrected chi connectivity index (χ0v) is 22.7. The molecule has 0 heterocycles. The average Bonchev–Trinajstić information content (AvgIpc) is 3.51. The van der Waals surface area contributed by atoms with Gasteiger partial charge in [0.25, 0.3) is 0 Å². The van der Waals surface area contributed by atoms with Crippen molar-refractivity contribution in [2.75, 3.05) is 28.2 Å². The Balaban J connectivity index is 0.000000434. The number of rotatable bonds is 4. The Kier molecular flexibility index (Phi) is 18.0. The number of phenolic OH excluding ortho intramolecular Hbond substituents is 2. The molecule has 33 heavy (non-hydrogen) atoms. The molecule has 4 nitrogen and oxygen atoms in total. The Labute approximate surface area is 219 Å². The predicted molar refractivity (Wildman–Crippen MR) is 134 cm³/mol. The topological polar surface area (TPSA) is 46.9 Å². The van der Waals surface area contributed by atoms with Crippen LogP contribution in [-0.2, 0) is 39.3 Å². The van der Waals surface area contributed by atoms with E-state index >= 15 is 0 Å². The van der Waals surface area contributed by atoms with Crippen LogP contribution in [0.3, 0.4) is 0 Å². The van der Waals surface area contributed by atoms with Crippen LogP contribution in [0.25, 0.3) is 0 Å². The van der Waals surface area contributed by atoms with E-state index in [1.807, 2.05) is 98.7 Å². The minimum atomic E-state index is 0. The van der Waals surface area contributed by atoms with Gasteiger partial charge in [-0.15, -0.1) is 12.8 Å². The minimum Gasteiger partial charge on any atom is -0.508 e. The molecule has 0 saturated heterocycles. The molecule has 0 atom stereocenters. The van der Waals surface area contributed by atoms with E-state index in [-0.39, 0.29) is 26.2 Å². The number of benzene rings is 2. The summed E-state index contributed by atoms with van der Waals surface area (Å²) in [6, 6.07) is 14.8. The van der Waals surface area contributed by atoms with Crippen molar-refractivity contribution in [3.63, 3.8) is 0 Å². The molecule has 5 heteroatoms. The van der Waals surface area contributed by atoms with Crippen molar-refractivity contribution < 1.29 is 36.4 Å². The van der Waals surface area contributed by atoms with E-state index in [0.717, 1.165) is 37.1 Å². The summed E-state index contributed by atoms with van der Waals surface area (Å²) < 4.78 is 0. The largest absolute Gasteiger partial charge is 2.00 e. The third-order valence-electron chi connectivity index (χ3n) is 4.13.